The molecule has 0 bridgehead atoms. The van der Waals surface area contributed by atoms with Crippen LogP contribution in [0.1, 0.15) is 38.3 Å². The van der Waals surface area contributed by atoms with Crippen LogP contribution in [0.2, 0.25) is 10.0 Å². The van der Waals surface area contributed by atoms with Gasteiger partial charge in [0.15, 0.2) is 0 Å². The van der Waals surface area contributed by atoms with E-state index in [0.29, 0.717) is 32.2 Å². The average molecular weight is 669 g/mol. The maximum absolute atomic E-state index is 14.1. The summed E-state index contributed by atoms with van der Waals surface area (Å²) in [5.41, 5.74) is 1.77. The molecule has 40 heavy (non-hydrogen) atoms. The second kappa shape index (κ2) is 13.9. The highest BCUT2D eigenvalue weighted by atomic mass is 79.9. The molecule has 1 atom stereocenters. The number of carbonyl (C=O) groups excluding carboxylic acids is 2. The van der Waals surface area contributed by atoms with E-state index in [2.05, 4.69) is 21.2 Å². The number of hydrogen-bond donors (Lipinski definition) is 1. The Morgan fingerprint density at radius 1 is 1.00 bits per heavy atom. The highest BCUT2D eigenvalue weighted by molar-refractivity contribution is 9.10. The summed E-state index contributed by atoms with van der Waals surface area (Å²) in [5, 5.41) is 3.63. The van der Waals surface area contributed by atoms with Crippen molar-refractivity contribution >= 4 is 66.7 Å². The van der Waals surface area contributed by atoms with Crippen LogP contribution in [0.25, 0.3) is 0 Å². The first-order chi connectivity index (χ1) is 18.8. The van der Waals surface area contributed by atoms with E-state index in [4.69, 9.17) is 23.2 Å². The number of anilines is 1. The van der Waals surface area contributed by atoms with Gasteiger partial charge in [-0.1, -0.05) is 75.9 Å². The van der Waals surface area contributed by atoms with Crippen molar-refractivity contribution in [3.63, 3.8) is 0 Å². The largest absolute Gasteiger partial charge is 0.352 e. The molecular formula is C29H32BrCl2N3O4S. The minimum absolute atomic E-state index is 0.0181. The number of nitrogens with one attached hydrogen (secondary N) is 1. The van der Waals surface area contributed by atoms with Gasteiger partial charge in [-0.3, -0.25) is 13.9 Å². The molecule has 3 aromatic carbocycles. The van der Waals surface area contributed by atoms with E-state index in [-0.39, 0.29) is 23.4 Å². The van der Waals surface area contributed by atoms with Gasteiger partial charge in [-0.05, 0) is 75.2 Å². The van der Waals surface area contributed by atoms with Crippen LogP contribution >= 0.6 is 39.1 Å². The molecule has 3 rings (SSSR count). The fourth-order valence-electron chi connectivity index (χ4n) is 4.13. The first-order valence-electron chi connectivity index (χ1n) is 12.7. The van der Waals surface area contributed by atoms with Gasteiger partial charge >= 0.3 is 0 Å². The lowest BCUT2D eigenvalue weighted by Gasteiger charge is -2.33. The second-order valence-corrected chi connectivity index (χ2v) is 13.3. The van der Waals surface area contributed by atoms with Gasteiger partial charge in [-0.15, -0.1) is 0 Å². The van der Waals surface area contributed by atoms with Crippen molar-refractivity contribution < 1.29 is 18.0 Å². The van der Waals surface area contributed by atoms with Crippen LogP contribution in [0.5, 0.6) is 0 Å². The summed E-state index contributed by atoms with van der Waals surface area (Å²) in [6.07, 6.45) is 0.303. The zero-order valence-electron chi connectivity index (χ0n) is 22.7. The summed E-state index contributed by atoms with van der Waals surface area (Å²) in [7, 11) is -4.15. The van der Waals surface area contributed by atoms with Gasteiger partial charge < -0.3 is 10.2 Å². The fourth-order valence-corrected chi connectivity index (χ4v) is 6.39. The monoisotopic (exact) mass is 667 g/mol. The molecule has 11 heteroatoms. The van der Waals surface area contributed by atoms with Crippen molar-refractivity contribution in [3.05, 3.63) is 92.4 Å². The maximum Gasteiger partial charge on any atom is 0.264 e. The van der Waals surface area contributed by atoms with E-state index >= 15 is 0 Å². The average Bonchev–Trinajstić information content (AvgIpc) is 2.88. The van der Waals surface area contributed by atoms with Gasteiger partial charge in [0, 0.05) is 27.1 Å². The lowest BCUT2D eigenvalue weighted by atomic mass is 10.1. The van der Waals surface area contributed by atoms with Gasteiger partial charge in [0.2, 0.25) is 11.8 Å². The summed E-state index contributed by atoms with van der Waals surface area (Å²) in [6.45, 7) is 6.76. The Bertz CT molecular complexity index is 1470. The van der Waals surface area contributed by atoms with Gasteiger partial charge in [-0.25, -0.2) is 8.42 Å². The van der Waals surface area contributed by atoms with Crippen LogP contribution in [0.15, 0.2) is 76.1 Å². The fraction of sp³-hybridized carbons (Fsp3) is 0.310. The predicted octanol–water partition coefficient (Wildman–Crippen LogP) is 6.59. The Balaban J connectivity index is 2.09. The summed E-state index contributed by atoms with van der Waals surface area (Å²) < 4.78 is 29.5. The minimum atomic E-state index is -4.15. The number of hydrogen-bond acceptors (Lipinski definition) is 4. The van der Waals surface area contributed by atoms with E-state index in [1.165, 1.54) is 17.0 Å². The summed E-state index contributed by atoms with van der Waals surface area (Å²) in [6, 6.07) is 17.0. The molecule has 0 aliphatic heterocycles. The van der Waals surface area contributed by atoms with E-state index in [0.717, 1.165) is 9.87 Å². The lowest BCUT2D eigenvalue weighted by Crippen LogP contribution is -2.53. The number of nitrogens with zero attached hydrogens (tertiary/aromatic N) is 2. The molecule has 3 aromatic rings. The van der Waals surface area contributed by atoms with Crippen LogP contribution in [0.3, 0.4) is 0 Å². The number of benzene rings is 3. The van der Waals surface area contributed by atoms with Crippen molar-refractivity contribution in [1.29, 1.82) is 0 Å². The molecular weight excluding hydrogens is 637 g/mol. The van der Waals surface area contributed by atoms with Gasteiger partial charge in [0.05, 0.1) is 10.6 Å². The van der Waals surface area contributed by atoms with E-state index < -0.39 is 28.5 Å². The van der Waals surface area contributed by atoms with Crippen molar-refractivity contribution in [3.8, 4) is 0 Å². The molecule has 0 aliphatic rings. The van der Waals surface area contributed by atoms with Crippen molar-refractivity contribution in [2.45, 2.75) is 57.6 Å². The third kappa shape index (κ3) is 8.00. The molecule has 214 valence electrons. The molecule has 0 heterocycles. The zero-order valence-corrected chi connectivity index (χ0v) is 26.6. The van der Waals surface area contributed by atoms with Crippen LogP contribution in [0.4, 0.5) is 5.69 Å². The van der Waals surface area contributed by atoms with Crippen LogP contribution < -0.4 is 9.62 Å². The predicted molar refractivity (Wildman–Crippen MR) is 164 cm³/mol. The number of amides is 2. The Morgan fingerprint density at radius 3 is 2.25 bits per heavy atom. The van der Waals surface area contributed by atoms with Crippen LogP contribution in [-0.2, 0) is 26.2 Å². The number of rotatable bonds is 11. The first kappa shape index (κ1) is 31.9. The molecule has 2 amide bonds. The number of carbonyl (C=O) groups is 2. The highest BCUT2D eigenvalue weighted by Gasteiger charge is 2.34. The molecule has 0 aliphatic carbocycles. The molecule has 0 spiro atoms. The lowest BCUT2D eigenvalue weighted by molar-refractivity contribution is -0.140. The molecule has 0 unspecified atom stereocenters. The van der Waals surface area contributed by atoms with Crippen molar-refractivity contribution in [2.24, 2.45) is 0 Å². The smallest absolute Gasteiger partial charge is 0.264 e. The molecule has 0 saturated carbocycles. The molecule has 0 radical (unpaired) electrons. The Morgan fingerprint density at radius 2 is 1.68 bits per heavy atom. The van der Waals surface area contributed by atoms with E-state index in [1.807, 2.05) is 20.8 Å². The van der Waals surface area contributed by atoms with Gasteiger partial charge in [-0.2, -0.15) is 0 Å². The minimum Gasteiger partial charge on any atom is -0.352 e. The molecule has 0 fully saturated rings. The van der Waals surface area contributed by atoms with Crippen molar-refractivity contribution in [2.75, 3.05) is 10.8 Å². The van der Waals surface area contributed by atoms with E-state index in [1.54, 1.807) is 61.5 Å². The highest BCUT2D eigenvalue weighted by Crippen LogP contribution is 2.28. The molecule has 0 aromatic heterocycles. The Hall–Kier alpha value is -2.59. The topological polar surface area (TPSA) is 86.8 Å². The first-order valence-corrected chi connectivity index (χ1v) is 15.7. The van der Waals surface area contributed by atoms with E-state index in [9.17, 15) is 18.0 Å². The quantitative estimate of drug-likeness (QED) is 0.250. The third-order valence-electron chi connectivity index (χ3n) is 6.16. The Kier molecular flexibility index (Phi) is 11.1. The van der Waals surface area contributed by atoms with Crippen molar-refractivity contribution in [1.82, 2.24) is 10.2 Å². The normalized spacial score (nSPS) is 12.2. The van der Waals surface area contributed by atoms with Gasteiger partial charge in [0.25, 0.3) is 10.0 Å². The Labute approximate surface area is 254 Å². The number of aryl methyl sites for hydroxylation is 1. The maximum atomic E-state index is 14.1. The van der Waals surface area contributed by atoms with Gasteiger partial charge in [0.1, 0.15) is 12.6 Å². The summed E-state index contributed by atoms with van der Waals surface area (Å²) in [4.78, 5) is 28.7. The number of halogens is 3. The second-order valence-electron chi connectivity index (χ2n) is 9.65. The summed E-state index contributed by atoms with van der Waals surface area (Å²) in [5.74, 6) is -0.904. The van der Waals surface area contributed by atoms with Crippen LogP contribution in [-0.4, -0.2) is 43.8 Å². The third-order valence-corrected chi connectivity index (χ3v) is 9.02. The van der Waals surface area contributed by atoms with Crippen LogP contribution in [0, 0.1) is 6.92 Å². The summed E-state index contributed by atoms with van der Waals surface area (Å²) >= 11 is 15.9. The molecule has 7 nitrogen and oxygen atoms in total. The standard InChI is InChI=1S/C29H32BrCl2N3O4S/c1-5-27(29(37)33-19(2)3)34(17-21-11-12-23(31)16-26(21)32)28(36)18-35(24-8-6-7-22(30)15-24)40(38,39)25-13-9-20(4)10-14-25/h6-16,19,27H,5,17-18H2,1-4H3,(H,33,37)/t27-/m0/s1. The number of sulfonamides is 1. The SMILES string of the molecule is CC[C@@H](C(=O)NC(C)C)N(Cc1ccc(Cl)cc1Cl)C(=O)CN(c1cccc(Br)c1)S(=O)(=O)c1ccc(C)cc1. The molecule has 1 N–H and O–H groups in total. The zero-order chi connectivity index (χ0) is 29.6. The molecule has 0 saturated heterocycles.